The summed E-state index contributed by atoms with van der Waals surface area (Å²) >= 11 is 0. The van der Waals surface area contributed by atoms with E-state index in [9.17, 15) is 20.1 Å². The van der Waals surface area contributed by atoms with Crippen molar-refractivity contribution in [2.75, 3.05) is 6.61 Å². The van der Waals surface area contributed by atoms with Crippen LogP contribution in [0.15, 0.2) is 24.3 Å². The monoisotopic (exact) mass is 580 g/mol. The zero-order chi connectivity index (χ0) is 30.2. The van der Waals surface area contributed by atoms with Gasteiger partial charge in [0.25, 0.3) is 0 Å². The number of allylic oxidation sites excluding steroid dienone is 4. The number of aliphatic hydroxyl groups is 3. The van der Waals surface area contributed by atoms with Gasteiger partial charge in [-0.05, 0) is 64.2 Å². The molecule has 3 atom stereocenters. The Morgan fingerprint density at radius 1 is 0.585 bits per heavy atom. The molecule has 0 fully saturated rings. The van der Waals surface area contributed by atoms with Crippen molar-refractivity contribution in [1.29, 1.82) is 0 Å². The van der Waals surface area contributed by atoms with Crippen LogP contribution < -0.4 is 5.32 Å². The Morgan fingerprint density at radius 3 is 1.46 bits per heavy atom. The summed E-state index contributed by atoms with van der Waals surface area (Å²) in [5.74, 6) is -0.163. The molecule has 0 aromatic heterocycles. The number of rotatable bonds is 31. The summed E-state index contributed by atoms with van der Waals surface area (Å²) in [6.07, 6.45) is 35.7. The number of hydrogen-bond donors (Lipinski definition) is 4. The van der Waals surface area contributed by atoms with Gasteiger partial charge < -0.3 is 20.6 Å². The molecule has 0 saturated carbocycles. The molecule has 0 heterocycles. The SMILES string of the molecule is CCCCC/C=C/CCCC(O)C(O)C(CO)NC(=O)CCCCCCCCC/C=C\CCCCCCCCCC. The van der Waals surface area contributed by atoms with Crippen molar-refractivity contribution in [2.45, 2.75) is 193 Å². The molecule has 1 amide bonds. The van der Waals surface area contributed by atoms with Gasteiger partial charge in [0.15, 0.2) is 0 Å². The summed E-state index contributed by atoms with van der Waals surface area (Å²) in [5, 5.41) is 33.1. The summed E-state index contributed by atoms with van der Waals surface area (Å²) in [7, 11) is 0. The number of nitrogens with one attached hydrogen (secondary N) is 1. The average Bonchev–Trinajstić information content (AvgIpc) is 2.97. The van der Waals surface area contributed by atoms with E-state index in [1.54, 1.807) is 0 Å². The smallest absolute Gasteiger partial charge is 0.220 e. The highest BCUT2D eigenvalue weighted by molar-refractivity contribution is 5.76. The van der Waals surface area contributed by atoms with Gasteiger partial charge in [0.05, 0.1) is 18.8 Å². The van der Waals surface area contributed by atoms with Crippen molar-refractivity contribution in [3.63, 3.8) is 0 Å². The van der Waals surface area contributed by atoms with Crippen molar-refractivity contribution in [2.24, 2.45) is 0 Å². The lowest BCUT2D eigenvalue weighted by Gasteiger charge is -2.26. The first kappa shape index (κ1) is 39.8. The second kappa shape index (κ2) is 31.8. The predicted molar refractivity (Wildman–Crippen MR) is 176 cm³/mol. The van der Waals surface area contributed by atoms with Crippen molar-refractivity contribution in [1.82, 2.24) is 5.32 Å². The molecule has 0 aliphatic heterocycles. The lowest BCUT2D eigenvalue weighted by molar-refractivity contribution is -0.124. The van der Waals surface area contributed by atoms with Gasteiger partial charge in [-0.1, -0.05) is 128 Å². The topological polar surface area (TPSA) is 89.8 Å². The van der Waals surface area contributed by atoms with Crippen LogP contribution in [0, 0.1) is 0 Å². The number of carbonyl (C=O) groups is 1. The predicted octanol–water partition coefficient (Wildman–Crippen LogP) is 9.09. The van der Waals surface area contributed by atoms with E-state index in [1.807, 2.05) is 0 Å². The maximum Gasteiger partial charge on any atom is 0.220 e. The van der Waals surface area contributed by atoms with Gasteiger partial charge >= 0.3 is 0 Å². The quantitative estimate of drug-likeness (QED) is 0.0487. The molecule has 4 N–H and O–H groups in total. The van der Waals surface area contributed by atoms with Gasteiger partial charge in [0.2, 0.25) is 5.91 Å². The Morgan fingerprint density at radius 2 is 0.976 bits per heavy atom. The molecule has 0 saturated heterocycles. The summed E-state index contributed by atoms with van der Waals surface area (Å²) < 4.78 is 0. The fourth-order valence-corrected chi connectivity index (χ4v) is 5.21. The van der Waals surface area contributed by atoms with E-state index in [-0.39, 0.29) is 12.5 Å². The molecule has 0 aliphatic carbocycles. The van der Waals surface area contributed by atoms with Gasteiger partial charge in [-0.25, -0.2) is 0 Å². The maximum atomic E-state index is 12.3. The van der Waals surface area contributed by atoms with Crippen LogP contribution in [0.2, 0.25) is 0 Å². The zero-order valence-electron chi connectivity index (χ0n) is 27.2. The third-order valence-corrected chi connectivity index (χ3v) is 8.03. The third-order valence-electron chi connectivity index (χ3n) is 8.03. The first-order valence-electron chi connectivity index (χ1n) is 17.6. The highest BCUT2D eigenvalue weighted by Gasteiger charge is 2.26. The van der Waals surface area contributed by atoms with Crippen LogP contribution in [-0.2, 0) is 4.79 Å². The number of aliphatic hydroxyl groups excluding tert-OH is 3. The lowest BCUT2D eigenvalue weighted by Crippen LogP contribution is -2.50. The van der Waals surface area contributed by atoms with E-state index >= 15 is 0 Å². The minimum atomic E-state index is -1.16. The van der Waals surface area contributed by atoms with E-state index in [2.05, 4.69) is 43.5 Å². The van der Waals surface area contributed by atoms with Crippen LogP contribution in [0.1, 0.15) is 174 Å². The molecule has 5 nitrogen and oxygen atoms in total. The van der Waals surface area contributed by atoms with Gasteiger partial charge in [0, 0.05) is 6.42 Å². The van der Waals surface area contributed by atoms with Crippen molar-refractivity contribution in [3.05, 3.63) is 24.3 Å². The zero-order valence-corrected chi connectivity index (χ0v) is 27.2. The molecule has 0 aromatic carbocycles. The molecular weight excluding hydrogens is 510 g/mol. The molecular formula is C36H69NO4. The summed E-state index contributed by atoms with van der Waals surface area (Å²) in [5.41, 5.74) is 0. The highest BCUT2D eigenvalue weighted by atomic mass is 16.3. The van der Waals surface area contributed by atoms with Crippen molar-refractivity contribution < 1.29 is 20.1 Å². The van der Waals surface area contributed by atoms with Crippen LogP contribution in [0.25, 0.3) is 0 Å². The fourth-order valence-electron chi connectivity index (χ4n) is 5.21. The Hall–Kier alpha value is -1.17. The lowest BCUT2D eigenvalue weighted by atomic mass is 10.0. The van der Waals surface area contributed by atoms with Crippen LogP contribution >= 0.6 is 0 Å². The first-order valence-corrected chi connectivity index (χ1v) is 17.6. The molecule has 0 spiro atoms. The molecule has 5 heteroatoms. The van der Waals surface area contributed by atoms with Crippen molar-refractivity contribution >= 4 is 5.91 Å². The molecule has 242 valence electrons. The van der Waals surface area contributed by atoms with E-state index in [0.29, 0.717) is 12.8 Å². The van der Waals surface area contributed by atoms with E-state index in [4.69, 9.17) is 0 Å². The van der Waals surface area contributed by atoms with E-state index in [1.165, 1.54) is 109 Å². The van der Waals surface area contributed by atoms with Gasteiger partial charge in [-0.2, -0.15) is 0 Å². The van der Waals surface area contributed by atoms with E-state index in [0.717, 1.165) is 38.5 Å². The average molecular weight is 580 g/mol. The van der Waals surface area contributed by atoms with Gasteiger partial charge in [0.1, 0.15) is 6.10 Å². The molecule has 41 heavy (non-hydrogen) atoms. The normalized spacial score (nSPS) is 14.2. The second-order valence-corrected chi connectivity index (χ2v) is 12.1. The van der Waals surface area contributed by atoms with Crippen LogP contribution in [0.5, 0.6) is 0 Å². The van der Waals surface area contributed by atoms with Crippen LogP contribution in [0.3, 0.4) is 0 Å². The number of hydrogen-bond acceptors (Lipinski definition) is 4. The molecule has 0 radical (unpaired) electrons. The number of amides is 1. The molecule has 0 rings (SSSR count). The Labute approximate surface area is 254 Å². The summed E-state index contributed by atoms with van der Waals surface area (Å²) in [6.45, 7) is 4.09. The van der Waals surface area contributed by atoms with E-state index < -0.39 is 18.2 Å². The highest BCUT2D eigenvalue weighted by Crippen LogP contribution is 2.13. The summed E-state index contributed by atoms with van der Waals surface area (Å²) in [4.78, 5) is 12.3. The first-order chi connectivity index (χ1) is 20.1. The number of unbranched alkanes of at least 4 members (excludes halogenated alkanes) is 19. The standard InChI is InChI=1S/C36H69NO4/c1-3-5-7-9-11-13-14-15-16-17-18-19-20-21-22-23-25-27-29-31-35(40)37-33(32-38)36(41)34(39)30-28-26-24-12-10-8-6-4-2/h12,17-18,24,33-34,36,38-39,41H,3-11,13-16,19-23,25-32H2,1-2H3,(H,37,40)/b18-17-,24-12+. The fraction of sp³-hybridized carbons (Fsp3) is 0.861. The Balaban J connectivity index is 3.67. The van der Waals surface area contributed by atoms with Gasteiger partial charge in [-0.3, -0.25) is 4.79 Å². The molecule has 0 bridgehead atoms. The largest absolute Gasteiger partial charge is 0.394 e. The van der Waals surface area contributed by atoms with Crippen LogP contribution in [-0.4, -0.2) is 46.1 Å². The van der Waals surface area contributed by atoms with Crippen molar-refractivity contribution in [3.8, 4) is 0 Å². The minimum Gasteiger partial charge on any atom is -0.394 e. The molecule has 0 aliphatic rings. The Kier molecular flexibility index (Phi) is 30.9. The minimum absolute atomic E-state index is 0.163. The second-order valence-electron chi connectivity index (χ2n) is 12.1. The Bertz CT molecular complexity index is 606. The summed E-state index contributed by atoms with van der Waals surface area (Å²) in [6, 6.07) is -0.823. The number of carbonyl (C=O) groups excluding carboxylic acids is 1. The van der Waals surface area contributed by atoms with Gasteiger partial charge in [-0.15, -0.1) is 0 Å². The third kappa shape index (κ3) is 27.4. The van der Waals surface area contributed by atoms with Crippen LogP contribution in [0.4, 0.5) is 0 Å². The maximum absolute atomic E-state index is 12.3. The molecule has 3 unspecified atom stereocenters. The molecule has 0 aromatic rings.